The SMILES string of the molecule is NC(=O)CCS(=O)c1cc(C(=O)O)ccc1F. The van der Waals surface area contributed by atoms with Gasteiger partial charge in [0.25, 0.3) is 0 Å². The molecule has 92 valence electrons. The number of carbonyl (C=O) groups is 2. The summed E-state index contributed by atoms with van der Waals surface area (Å²) in [6.45, 7) is 0. The molecule has 7 heteroatoms. The molecule has 0 saturated heterocycles. The molecule has 3 N–H and O–H groups in total. The molecule has 0 heterocycles. The molecule has 0 aliphatic heterocycles. The van der Waals surface area contributed by atoms with Gasteiger partial charge in [-0.25, -0.2) is 9.18 Å². The van der Waals surface area contributed by atoms with Gasteiger partial charge in [-0.15, -0.1) is 0 Å². The number of carboxylic acid groups (broad SMARTS) is 1. The number of carboxylic acids is 1. The third kappa shape index (κ3) is 3.63. The molecule has 0 radical (unpaired) electrons. The van der Waals surface area contributed by atoms with Gasteiger partial charge in [0.2, 0.25) is 5.91 Å². The van der Waals surface area contributed by atoms with Crippen LogP contribution in [0.25, 0.3) is 0 Å². The average molecular weight is 259 g/mol. The highest BCUT2D eigenvalue weighted by Gasteiger charge is 2.14. The maximum Gasteiger partial charge on any atom is 0.335 e. The van der Waals surface area contributed by atoms with E-state index < -0.39 is 28.5 Å². The summed E-state index contributed by atoms with van der Waals surface area (Å²) in [5.74, 6) is -2.78. The number of amides is 1. The van der Waals surface area contributed by atoms with Gasteiger partial charge in [-0.2, -0.15) is 0 Å². The van der Waals surface area contributed by atoms with Crippen LogP contribution >= 0.6 is 0 Å². The Morgan fingerprint density at radius 1 is 1.41 bits per heavy atom. The van der Waals surface area contributed by atoms with Crippen molar-refractivity contribution in [3.63, 3.8) is 0 Å². The molecule has 0 fully saturated rings. The number of halogens is 1. The summed E-state index contributed by atoms with van der Waals surface area (Å²) in [7, 11) is -1.78. The third-order valence-electron chi connectivity index (χ3n) is 1.96. The molecule has 0 aromatic heterocycles. The zero-order valence-electron chi connectivity index (χ0n) is 8.68. The number of benzene rings is 1. The zero-order chi connectivity index (χ0) is 13.0. The van der Waals surface area contributed by atoms with Crippen molar-refractivity contribution in [2.24, 2.45) is 5.73 Å². The first-order valence-electron chi connectivity index (χ1n) is 4.61. The number of rotatable bonds is 5. The predicted octanol–water partition coefficient (Wildman–Crippen LogP) is 0.507. The number of primary amides is 1. The number of hydrogen-bond donors (Lipinski definition) is 2. The highest BCUT2D eigenvalue weighted by molar-refractivity contribution is 7.85. The summed E-state index contributed by atoms with van der Waals surface area (Å²) in [6.07, 6.45) is -0.149. The van der Waals surface area contributed by atoms with Gasteiger partial charge in [-0.1, -0.05) is 0 Å². The van der Waals surface area contributed by atoms with Crippen molar-refractivity contribution in [3.8, 4) is 0 Å². The van der Waals surface area contributed by atoms with Gasteiger partial charge in [0.1, 0.15) is 5.82 Å². The van der Waals surface area contributed by atoms with Crippen LogP contribution in [0, 0.1) is 5.82 Å². The Bertz CT molecular complexity index is 489. The number of aromatic carboxylic acids is 1. The van der Waals surface area contributed by atoms with E-state index in [9.17, 15) is 18.2 Å². The summed E-state index contributed by atoms with van der Waals surface area (Å²) >= 11 is 0. The van der Waals surface area contributed by atoms with Crippen LogP contribution in [0.5, 0.6) is 0 Å². The van der Waals surface area contributed by atoms with E-state index in [1.54, 1.807) is 0 Å². The Labute approximate surface area is 98.9 Å². The highest BCUT2D eigenvalue weighted by atomic mass is 32.2. The van der Waals surface area contributed by atoms with Crippen molar-refractivity contribution in [1.29, 1.82) is 0 Å². The van der Waals surface area contributed by atoms with Crippen LogP contribution in [0.15, 0.2) is 23.1 Å². The van der Waals surface area contributed by atoms with Gasteiger partial charge in [0.05, 0.1) is 21.3 Å². The van der Waals surface area contributed by atoms with Crippen LogP contribution in [0.2, 0.25) is 0 Å². The fourth-order valence-corrected chi connectivity index (χ4v) is 2.26. The van der Waals surface area contributed by atoms with Crippen molar-refractivity contribution in [3.05, 3.63) is 29.6 Å². The molecule has 0 saturated carbocycles. The highest BCUT2D eigenvalue weighted by Crippen LogP contribution is 2.15. The molecule has 1 amide bonds. The molecular formula is C10H10FNO4S. The Hall–Kier alpha value is -1.76. The maximum absolute atomic E-state index is 13.3. The Kier molecular flexibility index (Phi) is 4.33. The van der Waals surface area contributed by atoms with Crippen molar-refractivity contribution in [2.75, 3.05) is 5.75 Å². The number of carbonyl (C=O) groups excluding carboxylic acids is 1. The van der Waals surface area contributed by atoms with Crippen LogP contribution in [0.1, 0.15) is 16.8 Å². The lowest BCUT2D eigenvalue weighted by Crippen LogP contribution is -2.15. The van der Waals surface area contributed by atoms with E-state index in [2.05, 4.69) is 0 Å². The maximum atomic E-state index is 13.3. The fourth-order valence-electron chi connectivity index (χ4n) is 1.11. The first-order chi connectivity index (χ1) is 7.91. The van der Waals surface area contributed by atoms with Crippen LogP contribution in [-0.4, -0.2) is 26.9 Å². The summed E-state index contributed by atoms with van der Waals surface area (Å²) in [4.78, 5) is 20.9. The monoisotopic (exact) mass is 259 g/mol. The summed E-state index contributed by atoms with van der Waals surface area (Å²) < 4.78 is 24.9. The van der Waals surface area contributed by atoms with Crippen molar-refractivity contribution >= 4 is 22.7 Å². The molecular weight excluding hydrogens is 249 g/mol. The second kappa shape index (κ2) is 5.53. The van der Waals surface area contributed by atoms with Crippen LogP contribution in [0.3, 0.4) is 0 Å². The zero-order valence-corrected chi connectivity index (χ0v) is 9.50. The van der Waals surface area contributed by atoms with Gasteiger partial charge in [-0.3, -0.25) is 9.00 Å². The fraction of sp³-hybridized carbons (Fsp3) is 0.200. The summed E-state index contributed by atoms with van der Waals surface area (Å²) in [5.41, 5.74) is 4.72. The largest absolute Gasteiger partial charge is 0.478 e. The Morgan fingerprint density at radius 2 is 2.06 bits per heavy atom. The summed E-state index contributed by atoms with van der Waals surface area (Å²) in [5, 5.41) is 8.70. The minimum absolute atomic E-state index is 0.130. The first kappa shape index (κ1) is 13.3. The lowest BCUT2D eigenvalue weighted by Gasteiger charge is -2.04. The molecule has 0 spiro atoms. The van der Waals surface area contributed by atoms with Crippen LogP contribution in [-0.2, 0) is 15.6 Å². The molecule has 1 unspecified atom stereocenters. The lowest BCUT2D eigenvalue weighted by atomic mass is 10.2. The van der Waals surface area contributed by atoms with E-state index in [0.29, 0.717) is 0 Å². The van der Waals surface area contributed by atoms with Gasteiger partial charge in [0.15, 0.2) is 0 Å². The molecule has 0 aliphatic carbocycles. The molecule has 0 aliphatic rings. The third-order valence-corrected chi connectivity index (χ3v) is 3.34. The topological polar surface area (TPSA) is 97.5 Å². The number of hydrogen-bond acceptors (Lipinski definition) is 3. The van der Waals surface area contributed by atoms with E-state index in [-0.39, 0.29) is 22.6 Å². The van der Waals surface area contributed by atoms with E-state index in [4.69, 9.17) is 10.8 Å². The molecule has 1 atom stereocenters. The van der Waals surface area contributed by atoms with Crippen molar-refractivity contribution < 1.29 is 23.3 Å². The van der Waals surface area contributed by atoms with Crippen LogP contribution < -0.4 is 5.73 Å². The predicted molar refractivity (Wildman–Crippen MR) is 58.4 cm³/mol. The molecule has 0 bridgehead atoms. The normalized spacial score (nSPS) is 12.1. The number of nitrogens with two attached hydrogens (primary N) is 1. The Balaban J connectivity index is 2.95. The van der Waals surface area contributed by atoms with Crippen LogP contribution in [0.4, 0.5) is 4.39 Å². The molecule has 17 heavy (non-hydrogen) atoms. The molecule has 1 aromatic carbocycles. The minimum atomic E-state index is -1.78. The smallest absolute Gasteiger partial charge is 0.335 e. The minimum Gasteiger partial charge on any atom is -0.478 e. The molecule has 1 aromatic rings. The quantitative estimate of drug-likeness (QED) is 0.804. The molecule has 1 rings (SSSR count). The van der Waals surface area contributed by atoms with E-state index >= 15 is 0 Å². The lowest BCUT2D eigenvalue weighted by molar-refractivity contribution is -0.117. The first-order valence-corrected chi connectivity index (χ1v) is 5.93. The van der Waals surface area contributed by atoms with Gasteiger partial charge < -0.3 is 10.8 Å². The van der Waals surface area contributed by atoms with E-state index in [0.717, 1.165) is 18.2 Å². The average Bonchev–Trinajstić information content (AvgIpc) is 2.26. The summed E-state index contributed by atoms with van der Waals surface area (Å²) in [6, 6.07) is 3.00. The standard InChI is InChI=1S/C10H10FNO4S/c11-7-2-1-6(10(14)15)5-8(7)17(16)4-3-9(12)13/h1-2,5H,3-4H2,(H2,12,13)(H,14,15). The van der Waals surface area contributed by atoms with Gasteiger partial charge in [-0.05, 0) is 18.2 Å². The van der Waals surface area contributed by atoms with Crippen molar-refractivity contribution in [1.82, 2.24) is 0 Å². The van der Waals surface area contributed by atoms with E-state index in [1.165, 1.54) is 0 Å². The second-order valence-corrected chi connectivity index (χ2v) is 4.76. The van der Waals surface area contributed by atoms with Gasteiger partial charge in [0, 0.05) is 12.2 Å². The van der Waals surface area contributed by atoms with E-state index in [1.807, 2.05) is 0 Å². The second-order valence-electron chi connectivity index (χ2n) is 3.22. The molecule has 5 nitrogen and oxygen atoms in total. The van der Waals surface area contributed by atoms with Gasteiger partial charge >= 0.3 is 5.97 Å². The Morgan fingerprint density at radius 3 is 2.59 bits per heavy atom. The van der Waals surface area contributed by atoms with Crippen molar-refractivity contribution in [2.45, 2.75) is 11.3 Å².